The highest BCUT2D eigenvalue weighted by Gasteiger charge is 2.33. The predicted octanol–water partition coefficient (Wildman–Crippen LogP) is 4.48. The fourth-order valence-corrected chi connectivity index (χ4v) is 1.96. The summed E-state index contributed by atoms with van der Waals surface area (Å²) in [6, 6.07) is 8.10. The van der Waals surface area contributed by atoms with Gasteiger partial charge in [0.2, 0.25) is 6.08 Å². The molecule has 134 valence electrons. The normalized spacial score (nSPS) is 10.6. The van der Waals surface area contributed by atoms with Gasteiger partial charge in [0.05, 0.1) is 11.3 Å². The summed E-state index contributed by atoms with van der Waals surface area (Å²) >= 11 is 0. The van der Waals surface area contributed by atoms with Crippen LogP contribution >= 0.6 is 0 Å². The fourth-order valence-electron chi connectivity index (χ4n) is 1.96. The monoisotopic (exact) mass is 364 g/mol. The Labute approximate surface area is 145 Å². The summed E-state index contributed by atoms with van der Waals surface area (Å²) in [5.41, 5.74) is -0.673. The summed E-state index contributed by atoms with van der Waals surface area (Å²) in [5.74, 6) is 0.0560. The van der Waals surface area contributed by atoms with Gasteiger partial charge in [-0.1, -0.05) is 23.8 Å². The van der Waals surface area contributed by atoms with Gasteiger partial charge in [0.15, 0.2) is 0 Å². The van der Waals surface area contributed by atoms with E-state index in [1.807, 2.05) is 0 Å². The highest BCUT2D eigenvalue weighted by molar-refractivity contribution is 6.13. The number of hydrogen-bond donors (Lipinski definition) is 0. The summed E-state index contributed by atoms with van der Waals surface area (Å²) in [4.78, 5) is 37.5. The first-order valence-corrected chi connectivity index (χ1v) is 7.10. The lowest BCUT2D eigenvalue weighted by atomic mass is 10.2. The fraction of sp³-hybridized carbons (Fsp3) is 0.118. The summed E-state index contributed by atoms with van der Waals surface area (Å²) in [6.07, 6.45) is -5.07. The van der Waals surface area contributed by atoms with Gasteiger partial charge in [-0.05, 0) is 37.3 Å². The maximum atomic E-state index is 12.9. The lowest BCUT2D eigenvalue weighted by Gasteiger charge is -2.18. The van der Waals surface area contributed by atoms with E-state index in [9.17, 15) is 27.6 Å². The van der Waals surface area contributed by atoms with E-state index in [4.69, 9.17) is 4.74 Å². The van der Waals surface area contributed by atoms with Crippen molar-refractivity contribution in [2.75, 3.05) is 4.90 Å². The number of benzene rings is 2. The molecular formula is C17H11F3N2O4. The third-order valence-electron chi connectivity index (χ3n) is 3.17. The molecule has 2 aromatic carbocycles. The number of aryl methyl sites for hydroxylation is 1. The summed E-state index contributed by atoms with van der Waals surface area (Å²) in [6.45, 7) is 1.79. The van der Waals surface area contributed by atoms with Crippen LogP contribution in [-0.4, -0.2) is 18.2 Å². The van der Waals surface area contributed by atoms with E-state index in [0.29, 0.717) is 6.07 Å². The first kappa shape index (κ1) is 18.9. The van der Waals surface area contributed by atoms with Crippen molar-refractivity contribution in [2.24, 2.45) is 4.99 Å². The summed E-state index contributed by atoms with van der Waals surface area (Å²) in [7, 11) is 0. The Bertz CT molecular complexity index is 872. The Morgan fingerprint density at radius 2 is 1.77 bits per heavy atom. The molecule has 0 aliphatic rings. The van der Waals surface area contributed by atoms with E-state index in [-0.39, 0.29) is 10.6 Å². The van der Waals surface area contributed by atoms with Crippen molar-refractivity contribution in [1.82, 2.24) is 0 Å². The average molecular weight is 364 g/mol. The molecule has 0 aliphatic heterocycles. The predicted molar refractivity (Wildman–Crippen MR) is 84.6 cm³/mol. The number of alkyl halides is 3. The number of nitrogens with zero attached hydrogens (tertiary/aromatic N) is 2. The van der Waals surface area contributed by atoms with E-state index >= 15 is 0 Å². The highest BCUT2D eigenvalue weighted by atomic mass is 19.4. The molecule has 0 spiro atoms. The number of aliphatic imine (C=N–C) groups is 1. The van der Waals surface area contributed by atoms with E-state index in [2.05, 4.69) is 4.99 Å². The molecule has 0 unspecified atom stereocenters. The van der Waals surface area contributed by atoms with Gasteiger partial charge < -0.3 is 4.74 Å². The van der Waals surface area contributed by atoms with Crippen LogP contribution in [0.2, 0.25) is 0 Å². The molecule has 26 heavy (non-hydrogen) atoms. The maximum Gasteiger partial charge on any atom is 0.428 e. The van der Waals surface area contributed by atoms with Gasteiger partial charge in [-0.15, -0.1) is 4.99 Å². The SMILES string of the molecule is Cc1ccc(OC(=O)N(C(=O)N=C=O)c2cccc(C(F)(F)F)c2)cc1. The molecular weight excluding hydrogens is 353 g/mol. The molecule has 2 aromatic rings. The van der Waals surface area contributed by atoms with Crippen LogP contribution in [-0.2, 0) is 11.0 Å². The molecule has 0 saturated heterocycles. The van der Waals surface area contributed by atoms with Crippen molar-refractivity contribution in [2.45, 2.75) is 13.1 Å². The quantitative estimate of drug-likeness (QED) is 0.582. The van der Waals surface area contributed by atoms with E-state index in [0.717, 1.165) is 29.8 Å². The summed E-state index contributed by atoms with van der Waals surface area (Å²) in [5, 5.41) is 0. The number of carbonyl (C=O) groups is 2. The van der Waals surface area contributed by atoms with Crippen molar-refractivity contribution in [3.05, 3.63) is 59.7 Å². The molecule has 2 rings (SSSR count). The van der Waals surface area contributed by atoms with Crippen molar-refractivity contribution in [3.63, 3.8) is 0 Å². The first-order valence-electron chi connectivity index (χ1n) is 7.10. The Morgan fingerprint density at radius 3 is 2.35 bits per heavy atom. The number of rotatable bonds is 2. The Morgan fingerprint density at radius 1 is 1.12 bits per heavy atom. The molecule has 6 nitrogen and oxygen atoms in total. The number of anilines is 1. The number of urea groups is 1. The molecule has 0 saturated carbocycles. The average Bonchev–Trinajstić information content (AvgIpc) is 2.57. The minimum absolute atomic E-state index is 0.0560. The number of amides is 3. The van der Waals surface area contributed by atoms with Crippen molar-refractivity contribution in [1.29, 1.82) is 0 Å². The van der Waals surface area contributed by atoms with Crippen LogP contribution in [0.15, 0.2) is 53.5 Å². The third-order valence-corrected chi connectivity index (χ3v) is 3.17. The zero-order valence-corrected chi connectivity index (χ0v) is 13.3. The minimum atomic E-state index is -4.69. The van der Waals surface area contributed by atoms with Crippen LogP contribution in [0.5, 0.6) is 5.75 Å². The largest absolute Gasteiger partial charge is 0.428 e. The second-order valence-corrected chi connectivity index (χ2v) is 5.05. The van der Waals surface area contributed by atoms with Gasteiger partial charge in [0.1, 0.15) is 5.75 Å². The number of imide groups is 1. The van der Waals surface area contributed by atoms with Crippen molar-refractivity contribution < 1.29 is 32.3 Å². The smallest absolute Gasteiger partial charge is 0.410 e. The molecule has 0 fully saturated rings. The van der Waals surface area contributed by atoms with Crippen molar-refractivity contribution >= 4 is 23.9 Å². The van der Waals surface area contributed by atoms with Gasteiger partial charge in [0.25, 0.3) is 0 Å². The first-order chi connectivity index (χ1) is 12.2. The molecule has 0 N–H and O–H groups in total. The highest BCUT2D eigenvalue weighted by Crippen LogP contribution is 2.32. The maximum absolute atomic E-state index is 12.9. The number of isocyanates is 1. The van der Waals surface area contributed by atoms with Crippen LogP contribution < -0.4 is 9.64 Å². The van der Waals surface area contributed by atoms with Gasteiger partial charge in [-0.3, -0.25) is 0 Å². The Balaban J connectivity index is 2.40. The second kappa shape index (κ2) is 7.62. The van der Waals surface area contributed by atoms with Crippen LogP contribution in [0.3, 0.4) is 0 Å². The molecule has 0 heterocycles. The van der Waals surface area contributed by atoms with Crippen LogP contribution in [0, 0.1) is 6.92 Å². The zero-order valence-electron chi connectivity index (χ0n) is 13.3. The molecule has 0 radical (unpaired) electrons. The van der Waals surface area contributed by atoms with Crippen molar-refractivity contribution in [3.8, 4) is 5.75 Å². The molecule has 0 aliphatic carbocycles. The van der Waals surface area contributed by atoms with Gasteiger partial charge in [0, 0.05) is 0 Å². The van der Waals surface area contributed by atoms with Gasteiger partial charge >= 0.3 is 18.3 Å². The minimum Gasteiger partial charge on any atom is -0.410 e. The molecule has 0 bridgehead atoms. The number of hydrogen-bond acceptors (Lipinski definition) is 4. The van der Waals surface area contributed by atoms with Crippen LogP contribution in [0.4, 0.5) is 28.4 Å². The van der Waals surface area contributed by atoms with E-state index in [1.165, 1.54) is 12.1 Å². The number of ether oxygens (including phenoxy) is 1. The second-order valence-electron chi connectivity index (χ2n) is 5.05. The molecule has 9 heteroatoms. The number of carbonyl (C=O) groups excluding carboxylic acids is 3. The summed E-state index contributed by atoms with van der Waals surface area (Å²) < 4.78 is 43.6. The number of halogens is 3. The molecule has 3 amide bonds. The van der Waals surface area contributed by atoms with E-state index in [1.54, 1.807) is 19.1 Å². The van der Waals surface area contributed by atoms with Gasteiger partial charge in [-0.25, -0.2) is 14.4 Å². The third kappa shape index (κ3) is 4.55. The molecule has 0 aromatic heterocycles. The van der Waals surface area contributed by atoms with E-state index < -0.39 is 29.6 Å². The lowest BCUT2D eigenvalue weighted by Crippen LogP contribution is -2.37. The van der Waals surface area contributed by atoms with Crippen LogP contribution in [0.1, 0.15) is 11.1 Å². The topological polar surface area (TPSA) is 76.0 Å². The zero-order chi connectivity index (χ0) is 19.3. The molecule has 0 atom stereocenters. The van der Waals surface area contributed by atoms with Crippen LogP contribution in [0.25, 0.3) is 0 Å². The standard InChI is InChI=1S/C17H11F3N2O4/c1-11-5-7-14(8-6-11)26-16(25)22(15(24)21-10-23)13-4-2-3-12(9-13)17(18,19)20/h2-9H,1H3. The van der Waals surface area contributed by atoms with Gasteiger partial charge in [-0.2, -0.15) is 18.1 Å². The Kier molecular flexibility index (Phi) is 5.54. The Hall–Kier alpha value is -3.45. The lowest BCUT2D eigenvalue weighted by molar-refractivity contribution is -0.137.